The van der Waals surface area contributed by atoms with Crippen molar-refractivity contribution in [2.75, 3.05) is 6.61 Å². The van der Waals surface area contributed by atoms with Crippen molar-refractivity contribution in [2.24, 2.45) is 0 Å². The molecule has 0 fully saturated rings. The predicted molar refractivity (Wildman–Crippen MR) is 137 cm³/mol. The van der Waals surface area contributed by atoms with Gasteiger partial charge in [-0.3, -0.25) is 0 Å². The first kappa shape index (κ1) is 24.4. The molecule has 0 aliphatic heterocycles. The number of alkyl halides is 3. The SMILES string of the molecule is FC(F)(F)c1ccc(OCCc2cn(C(c3ccccc3)(c3ccccc3)c3ccccc3)cn2)cc1. The van der Waals surface area contributed by atoms with Crippen molar-refractivity contribution in [3.63, 3.8) is 0 Å². The van der Waals surface area contributed by atoms with Gasteiger partial charge in [0.2, 0.25) is 0 Å². The molecule has 0 N–H and O–H groups in total. The zero-order valence-electron chi connectivity index (χ0n) is 20.0. The highest BCUT2D eigenvalue weighted by Crippen LogP contribution is 2.40. The fourth-order valence-electron chi connectivity index (χ4n) is 4.67. The third-order valence-corrected chi connectivity index (χ3v) is 6.41. The normalized spacial score (nSPS) is 11.9. The van der Waals surface area contributed by atoms with E-state index in [0.29, 0.717) is 12.2 Å². The fourth-order valence-corrected chi connectivity index (χ4v) is 4.67. The van der Waals surface area contributed by atoms with E-state index in [2.05, 4.69) is 45.9 Å². The molecule has 4 aromatic carbocycles. The molecule has 0 unspecified atom stereocenters. The van der Waals surface area contributed by atoms with Crippen LogP contribution >= 0.6 is 0 Å². The molecule has 1 aromatic heterocycles. The molecule has 0 saturated carbocycles. The number of hydrogen-bond acceptors (Lipinski definition) is 2. The standard InChI is InChI=1S/C31H25F3N2O/c32-31(33,34)27-16-18-29(19-17-27)37-21-20-28-22-36(23-35-28)30(24-10-4-1-5-11-24,25-12-6-2-7-13-25)26-14-8-3-9-15-26/h1-19,22-23H,20-21H2. The van der Waals surface area contributed by atoms with Crippen molar-refractivity contribution in [1.82, 2.24) is 9.55 Å². The molecule has 0 atom stereocenters. The summed E-state index contributed by atoms with van der Waals surface area (Å²) in [6.45, 7) is 0.289. The number of rotatable bonds is 8. The molecule has 3 nitrogen and oxygen atoms in total. The zero-order chi connectivity index (χ0) is 25.7. The van der Waals surface area contributed by atoms with Crippen LogP contribution < -0.4 is 4.74 Å². The minimum Gasteiger partial charge on any atom is -0.493 e. The lowest BCUT2D eigenvalue weighted by molar-refractivity contribution is -0.137. The van der Waals surface area contributed by atoms with Gasteiger partial charge < -0.3 is 9.30 Å². The number of nitrogens with zero attached hydrogens (tertiary/aromatic N) is 2. The van der Waals surface area contributed by atoms with Gasteiger partial charge in [0.25, 0.3) is 0 Å². The maximum atomic E-state index is 12.8. The van der Waals surface area contributed by atoms with Crippen molar-refractivity contribution < 1.29 is 17.9 Å². The average Bonchev–Trinajstić information content (AvgIpc) is 3.40. The summed E-state index contributed by atoms with van der Waals surface area (Å²) in [6, 6.07) is 35.6. The number of aromatic nitrogens is 2. The molecular weight excluding hydrogens is 473 g/mol. The maximum Gasteiger partial charge on any atom is 0.416 e. The smallest absolute Gasteiger partial charge is 0.416 e. The molecule has 5 aromatic rings. The summed E-state index contributed by atoms with van der Waals surface area (Å²) in [7, 11) is 0. The molecule has 0 aliphatic rings. The minimum absolute atomic E-state index is 0.289. The lowest BCUT2D eigenvalue weighted by atomic mass is 9.77. The molecule has 6 heteroatoms. The second kappa shape index (κ2) is 10.3. The van der Waals surface area contributed by atoms with E-state index in [1.54, 1.807) is 0 Å². The molecule has 186 valence electrons. The van der Waals surface area contributed by atoms with Crippen LogP contribution in [0.1, 0.15) is 27.9 Å². The van der Waals surface area contributed by atoms with E-state index in [1.165, 1.54) is 12.1 Å². The number of benzene rings is 4. The Kier molecular flexibility index (Phi) is 6.82. The Morgan fingerprint density at radius 3 is 1.57 bits per heavy atom. The number of imidazole rings is 1. The summed E-state index contributed by atoms with van der Waals surface area (Å²) in [5, 5.41) is 0. The van der Waals surface area contributed by atoms with Crippen molar-refractivity contribution in [3.8, 4) is 5.75 Å². The topological polar surface area (TPSA) is 27.1 Å². The van der Waals surface area contributed by atoms with Gasteiger partial charge in [0.05, 0.1) is 24.2 Å². The molecule has 5 rings (SSSR count). The first-order valence-electron chi connectivity index (χ1n) is 12.0. The molecule has 0 bridgehead atoms. The number of ether oxygens (including phenoxy) is 1. The van der Waals surface area contributed by atoms with Crippen LogP contribution in [0.25, 0.3) is 0 Å². The largest absolute Gasteiger partial charge is 0.493 e. The van der Waals surface area contributed by atoms with Gasteiger partial charge in [-0.15, -0.1) is 0 Å². The Balaban J connectivity index is 1.46. The summed E-state index contributed by atoms with van der Waals surface area (Å²) < 4.78 is 46.3. The predicted octanol–water partition coefficient (Wildman–Crippen LogP) is 7.36. The van der Waals surface area contributed by atoms with E-state index < -0.39 is 17.3 Å². The Morgan fingerprint density at radius 1 is 0.622 bits per heavy atom. The van der Waals surface area contributed by atoms with Crippen molar-refractivity contribution in [3.05, 3.63) is 156 Å². The maximum absolute atomic E-state index is 12.8. The van der Waals surface area contributed by atoms with Crippen LogP contribution in [0.5, 0.6) is 5.75 Å². The second-order valence-electron chi connectivity index (χ2n) is 8.70. The molecule has 0 radical (unpaired) electrons. The van der Waals surface area contributed by atoms with E-state index in [-0.39, 0.29) is 6.61 Å². The van der Waals surface area contributed by atoms with Crippen molar-refractivity contribution >= 4 is 0 Å². The minimum atomic E-state index is -4.37. The van der Waals surface area contributed by atoms with E-state index in [1.807, 2.05) is 67.1 Å². The first-order chi connectivity index (χ1) is 18.0. The van der Waals surface area contributed by atoms with Gasteiger partial charge in [0.15, 0.2) is 0 Å². The van der Waals surface area contributed by atoms with E-state index >= 15 is 0 Å². The summed E-state index contributed by atoms with van der Waals surface area (Å²) in [5.41, 5.74) is 2.76. The monoisotopic (exact) mass is 498 g/mol. The molecule has 0 amide bonds. The van der Waals surface area contributed by atoms with Crippen molar-refractivity contribution in [2.45, 2.75) is 18.1 Å². The molecule has 37 heavy (non-hydrogen) atoms. The molecule has 0 spiro atoms. The second-order valence-corrected chi connectivity index (χ2v) is 8.70. The number of hydrogen-bond donors (Lipinski definition) is 0. The lowest BCUT2D eigenvalue weighted by Crippen LogP contribution is -2.36. The van der Waals surface area contributed by atoms with Gasteiger partial charge in [-0.1, -0.05) is 91.0 Å². The fraction of sp³-hybridized carbons (Fsp3) is 0.129. The highest BCUT2D eigenvalue weighted by atomic mass is 19.4. The van der Waals surface area contributed by atoms with Gasteiger partial charge in [-0.2, -0.15) is 13.2 Å². The van der Waals surface area contributed by atoms with Crippen LogP contribution in [0.2, 0.25) is 0 Å². The van der Waals surface area contributed by atoms with Crippen LogP contribution in [-0.2, 0) is 18.1 Å². The molecular formula is C31H25F3N2O. The Morgan fingerprint density at radius 2 is 1.11 bits per heavy atom. The van der Waals surface area contributed by atoms with Crippen molar-refractivity contribution in [1.29, 1.82) is 0 Å². The lowest BCUT2D eigenvalue weighted by Gasteiger charge is -2.37. The molecule has 0 saturated heterocycles. The number of halogens is 3. The third kappa shape index (κ3) is 5.00. The highest BCUT2D eigenvalue weighted by Gasteiger charge is 2.38. The molecule has 0 aliphatic carbocycles. The van der Waals surface area contributed by atoms with Gasteiger partial charge in [0, 0.05) is 12.6 Å². The van der Waals surface area contributed by atoms with Gasteiger partial charge in [-0.25, -0.2) is 4.98 Å². The van der Waals surface area contributed by atoms with Gasteiger partial charge in [-0.05, 0) is 41.0 Å². The summed E-state index contributed by atoms with van der Waals surface area (Å²) in [4.78, 5) is 4.67. The van der Waals surface area contributed by atoms with Crippen LogP contribution in [0.3, 0.4) is 0 Å². The van der Waals surface area contributed by atoms with Crippen LogP contribution in [-0.4, -0.2) is 16.2 Å². The first-order valence-corrected chi connectivity index (χ1v) is 12.0. The van der Waals surface area contributed by atoms with E-state index in [9.17, 15) is 13.2 Å². The van der Waals surface area contributed by atoms with Crippen LogP contribution in [0.15, 0.2) is 128 Å². The average molecular weight is 499 g/mol. The quantitative estimate of drug-likeness (QED) is 0.209. The summed E-state index contributed by atoms with van der Waals surface area (Å²) in [6.07, 6.45) is -0.0137. The highest BCUT2D eigenvalue weighted by molar-refractivity contribution is 5.50. The Bertz CT molecular complexity index is 1320. The summed E-state index contributed by atoms with van der Waals surface area (Å²) in [5.74, 6) is 0.389. The molecule has 1 heterocycles. The Labute approximate surface area is 213 Å². The summed E-state index contributed by atoms with van der Waals surface area (Å²) >= 11 is 0. The zero-order valence-corrected chi connectivity index (χ0v) is 20.0. The van der Waals surface area contributed by atoms with Gasteiger partial charge >= 0.3 is 6.18 Å². The third-order valence-electron chi connectivity index (χ3n) is 6.41. The van der Waals surface area contributed by atoms with Crippen LogP contribution in [0.4, 0.5) is 13.2 Å². The Hall–Kier alpha value is -4.32. The van der Waals surface area contributed by atoms with E-state index in [4.69, 9.17) is 4.74 Å². The van der Waals surface area contributed by atoms with Crippen LogP contribution in [0, 0.1) is 0 Å². The van der Waals surface area contributed by atoms with Gasteiger partial charge in [0.1, 0.15) is 11.3 Å². The van der Waals surface area contributed by atoms with E-state index in [0.717, 1.165) is 34.5 Å².